The smallest absolute Gasteiger partial charge is 0.0219 e. The van der Waals surface area contributed by atoms with Crippen molar-refractivity contribution in [2.24, 2.45) is 5.92 Å². The Morgan fingerprint density at radius 3 is 2.64 bits per heavy atom. The van der Waals surface area contributed by atoms with Gasteiger partial charge in [0.25, 0.3) is 0 Å². The minimum atomic E-state index is 0.773. The summed E-state index contributed by atoms with van der Waals surface area (Å²) in [7, 11) is 0. The molecule has 0 saturated heterocycles. The molecule has 1 saturated carbocycles. The van der Waals surface area contributed by atoms with Crippen molar-refractivity contribution in [3.63, 3.8) is 0 Å². The minimum Gasteiger partial charge on any atom is -0.310 e. The summed E-state index contributed by atoms with van der Waals surface area (Å²) in [6.07, 6.45) is 2.77. The number of nitrogens with one attached hydrogen (secondary N) is 1. The van der Waals surface area contributed by atoms with Gasteiger partial charge in [-0.2, -0.15) is 0 Å². The Morgan fingerprint density at radius 1 is 1.43 bits per heavy atom. The van der Waals surface area contributed by atoms with E-state index in [0.717, 1.165) is 18.5 Å². The van der Waals surface area contributed by atoms with Crippen LogP contribution in [0.15, 0.2) is 6.07 Å². The Kier molecular flexibility index (Phi) is 2.93. The van der Waals surface area contributed by atoms with Crippen LogP contribution < -0.4 is 5.32 Å². The second-order valence-corrected chi connectivity index (χ2v) is 5.94. The van der Waals surface area contributed by atoms with Crippen molar-refractivity contribution in [3.8, 4) is 0 Å². The molecule has 1 heterocycles. The van der Waals surface area contributed by atoms with E-state index >= 15 is 0 Å². The highest BCUT2D eigenvalue weighted by Crippen LogP contribution is 2.27. The largest absolute Gasteiger partial charge is 0.310 e. The lowest BCUT2D eigenvalue weighted by atomic mass is 9.81. The zero-order chi connectivity index (χ0) is 10.1. The molecule has 0 spiro atoms. The molecule has 1 aromatic rings. The fourth-order valence-electron chi connectivity index (χ4n) is 2.07. The van der Waals surface area contributed by atoms with Gasteiger partial charge in [0.2, 0.25) is 0 Å². The Hall–Kier alpha value is -0.340. The predicted molar refractivity (Wildman–Crippen MR) is 62.8 cm³/mol. The monoisotopic (exact) mass is 209 g/mol. The van der Waals surface area contributed by atoms with E-state index in [1.807, 2.05) is 11.3 Å². The molecule has 2 heteroatoms. The number of thiophene rings is 1. The maximum atomic E-state index is 3.65. The average molecular weight is 209 g/mol. The molecule has 0 bridgehead atoms. The molecule has 1 fully saturated rings. The first-order valence-electron chi connectivity index (χ1n) is 5.46. The summed E-state index contributed by atoms with van der Waals surface area (Å²) in [5, 5.41) is 3.65. The van der Waals surface area contributed by atoms with Gasteiger partial charge in [0.05, 0.1) is 0 Å². The van der Waals surface area contributed by atoms with Crippen molar-refractivity contribution in [2.45, 2.75) is 46.2 Å². The standard InChI is InChI=1S/C12H19NS/c1-8-4-5-12(8)13-7-11-6-9(2)14-10(11)3/h6,8,12-13H,4-5,7H2,1-3H3. The molecule has 0 radical (unpaired) electrons. The molecule has 2 unspecified atom stereocenters. The van der Waals surface area contributed by atoms with E-state index in [2.05, 4.69) is 32.2 Å². The molecule has 1 nitrogen and oxygen atoms in total. The van der Waals surface area contributed by atoms with Crippen LogP contribution in [0.1, 0.15) is 35.1 Å². The SMILES string of the molecule is Cc1cc(CNC2CCC2C)c(C)s1. The fourth-order valence-corrected chi connectivity index (χ4v) is 3.02. The van der Waals surface area contributed by atoms with Crippen LogP contribution in [0.4, 0.5) is 0 Å². The van der Waals surface area contributed by atoms with Crippen LogP contribution in [-0.4, -0.2) is 6.04 Å². The summed E-state index contributed by atoms with van der Waals surface area (Å²) in [4.78, 5) is 2.91. The van der Waals surface area contributed by atoms with E-state index in [-0.39, 0.29) is 0 Å². The van der Waals surface area contributed by atoms with E-state index in [1.165, 1.54) is 28.2 Å². The van der Waals surface area contributed by atoms with Crippen LogP contribution in [0.5, 0.6) is 0 Å². The number of rotatable bonds is 3. The van der Waals surface area contributed by atoms with Gasteiger partial charge < -0.3 is 5.32 Å². The van der Waals surface area contributed by atoms with Crippen molar-refractivity contribution in [3.05, 3.63) is 21.4 Å². The molecule has 2 rings (SSSR count). The van der Waals surface area contributed by atoms with Crippen LogP contribution >= 0.6 is 11.3 Å². The molecule has 1 aliphatic carbocycles. The highest BCUT2D eigenvalue weighted by atomic mass is 32.1. The highest BCUT2D eigenvalue weighted by Gasteiger charge is 2.25. The van der Waals surface area contributed by atoms with Crippen LogP contribution in [0.2, 0.25) is 0 Å². The Morgan fingerprint density at radius 2 is 2.21 bits per heavy atom. The molecule has 14 heavy (non-hydrogen) atoms. The van der Waals surface area contributed by atoms with Gasteiger partial charge >= 0.3 is 0 Å². The van der Waals surface area contributed by atoms with E-state index in [1.54, 1.807) is 0 Å². The summed E-state index contributed by atoms with van der Waals surface area (Å²) in [6.45, 7) is 7.81. The van der Waals surface area contributed by atoms with Gasteiger partial charge in [-0.15, -0.1) is 11.3 Å². The second kappa shape index (κ2) is 4.03. The molecular formula is C12H19NS. The van der Waals surface area contributed by atoms with E-state index in [4.69, 9.17) is 0 Å². The van der Waals surface area contributed by atoms with Crippen molar-refractivity contribution in [1.29, 1.82) is 0 Å². The Labute approximate surface area is 90.5 Å². The predicted octanol–water partition coefficient (Wildman–Crippen LogP) is 3.25. The molecular weight excluding hydrogens is 190 g/mol. The molecule has 0 amide bonds. The first-order valence-corrected chi connectivity index (χ1v) is 6.28. The van der Waals surface area contributed by atoms with Gasteiger partial charge in [0.1, 0.15) is 0 Å². The fraction of sp³-hybridized carbons (Fsp3) is 0.667. The summed E-state index contributed by atoms with van der Waals surface area (Å²) < 4.78 is 0. The molecule has 0 aromatic carbocycles. The summed E-state index contributed by atoms with van der Waals surface area (Å²) in [5.41, 5.74) is 1.49. The first kappa shape index (κ1) is 10.2. The zero-order valence-corrected chi connectivity index (χ0v) is 10.1. The Bertz CT molecular complexity index is 316. The lowest BCUT2D eigenvalue weighted by molar-refractivity contribution is 0.228. The lowest BCUT2D eigenvalue weighted by Gasteiger charge is -2.34. The van der Waals surface area contributed by atoms with Crippen molar-refractivity contribution in [1.82, 2.24) is 5.32 Å². The van der Waals surface area contributed by atoms with Gasteiger partial charge in [0, 0.05) is 22.3 Å². The quantitative estimate of drug-likeness (QED) is 0.805. The van der Waals surface area contributed by atoms with Crippen molar-refractivity contribution < 1.29 is 0 Å². The summed E-state index contributed by atoms with van der Waals surface area (Å²) >= 11 is 1.91. The molecule has 1 aliphatic rings. The van der Waals surface area contributed by atoms with E-state index < -0.39 is 0 Å². The molecule has 1 aromatic heterocycles. The normalized spacial score (nSPS) is 26.2. The molecule has 1 N–H and O–H groups in total. The van der Waals surface area contributed by atoms with Gasteiger partial charge in [-0.1, -0.05) is 6.92 Å². The third kappa shape index (κ3) is 2.01. The van der Waals surface area contributed by atoms with Gasteiger partial charge in [-0.05, 0) is 44.2 Å². The summed E-state index contributed by atoms with van der Waals surface area (Å²) in [5.74, 6) is 0.884. The van der Waals surface area contributed by atoms with Gasteiger partial charge in [-0.3, -0.25) is 0 Å². The minimum absolute atomic E-state index is 0.773. The highest BCUT2D eigenvalue weighted by molar-refractivity contribution is 7.12. The maximum absolute atomic E-state index is 3.65. The number of aryl methyl sites for hydroxylation is 2. The average Bonchev–Trinajstić information content (AvgIpc) is 2.43. The summed E-state index contributed by atoms with van der Waals surface area (Å²) in [6, 6.07) is 3.09. The van der Waals surface area contributed by atoms with Crippen molar-refractivity contribution >= 4 is 11.3 Å². The third-order valence-corrected chi connectivity index (χ3v) is 4.33. The Balaban J connectivity index is 1.88. The van der Waals surface area contributed by atoms with Crippen LogP contribution in [0.3, 0.4) is 0 Å². The van der Waals surface area contributed by atoms with Crippen LogP contribution in [0, 0.1) is 19.8 Å². The molecule has 2 atom stereocenters. The first-order chi connectivity index (χ1) is 6.66. The number of hydrogen-bond acceptors (Lipinski definition) is 2. The topological polar surface area (TPSA) is 12.0 Å². The second-order valence-electron chi connectivity index (χ2n) is 4.48. The molecule has 0 aliphatic heterocycles. The van der Waals surface area contributed by atoms with E-state index in [0.29, 0.717) is 0 Å². The zero-order valence-electron chi connectivity index (χ0n) is 9.26. The van der Waals surface area contributed by atoms with Crippen LogP contribution in [-0.2, 0) is 6.54 Å². The lowest BCUT2D eigenvalue weighted by Crippen LogP contribution is -2.41. The third-order valence-electron chi connectivity index (χ3n) is 3.32. The van der Waals surface area contributed by atoms with Gasteiger partial charge in [0.15, 0.2) is 0 Å². The molecule has 78 valence electrons. The maximum Gasteiger partial charge on any atom is 0.0219 e. The number of hydrogen-bond donors (Lipinski definition) is 1. The van der Waals surface area contributed by atoms with Gasteiger partial charge in [-0.25, -0.2) is 0 Å². The van der Waals surface area contributed by atoms with E-state index in [9.17, 15) is 0 Å². The van der Waals surface area contributed by atoms with Crippen molar-refractivity contribution in [2.75, 3.05) is 0 Å². The van der Waals surface area contributed by atoms with Crippen LogP contribution in [0.25, 0.3) is 0 Å².